The Morgan fingerprint density at radius 2 is 2.10 bits per heavy atom. The summed E-state index contributed by atoms with van der Waals surface area (Å²) in [6.07, 6.45) is 1.60. The highest BCUT2D eigenvalue weighted by Gasteiger charge is 2.31. The topological polar surface area (TPSA) is 98.3 Å². The number of halogens is 2. The number of aliphatic hydroxyl groups is 1. The molecule has 1 aromatic carbocycles. The lowest BCUT2D eigenvalue weighted by Gasteiger charge is -2.24. The van der Waals surface area contributed by atoms with Crippen molar-refractivity contribution < 1.29 is 19.1 Å². The number of nitrogens with zero attached hydrogens (tertiary/aromatic N) is 2. The number of carbonyl (C=O) groups is 2. The first-order valence-electron chi connectivity index (χ1n) is 9.55. The van der Waals surface area contributed by atoms with Gasteiger partial charge in [-0.1, -0.05) is 23.7 Å². The summed E-state index contributed by atoms with van der Waals surface area (Å²) >= 11 is 5.95. The van der Waals surface area contributed by atoms with Crippen LogP contribution in [0.4, 0.5) is 4.39 Å². The highest BCUT2D eigenvalue weighted by atomic mass is 35.5. The van der Waals surface area contributed by atoms with E-state index in [-0.39, 0.29) is 30.4 Å². The first-order valence-corrected chi connectivity index (χ1v) is 9.93. The fraction of sp³-hybridized carbons (Fsp3) is 0.286. The van der Waals surface area contributed by atoms with E-state index in [1.807, 2.05) is 0 Å². The van der Waals surface area contributed by atoms with Gasteiger partial charge in [0.1, 0.15) is 23.2 Å². The van der Waals surface area contributed by atoms with Gasteiger partial charge in [-0.3, -0.25) is 9.59 Å². The van der Waals surface area contributed by atoms with Gasteiger partial charge in [0.05, 0.1) is 11.1 Å². The van der Waals surface area contributed by atoms with Crippen LogP contribution >= 0.6 is 11.6 Å². The minimum Gasteiger partial charge on any atom is -0.391 e. The summed E-state index contributed by atoms with van der Waals surface area (Å²) in [5.74, 6) is -1.14. The van der Waals surface area contributed by atoms with E-state index >= 15 is 0 Å². The Balaban J connectivity index is 1.56. The summed E-state index contributed by atoms with van der Waals surface area (Å²) < 4.78 is 13.2. The van der Waals surface area contributed by atoms with E-state index < -0.39 is 18.1 Å². The third kappa shape index (κ3) is 4.44. The van der Waals surface area contributed by atoms with Gasteiger partial charge >= 0.3 is 0 Å². The van der Waals surface area contributed by atoms with Gasteiger partial charge in [0.15, 0.2) is 0 Å². The molecule has 1 fully saturated rings. The zero-order chi connectivity index (χ0) is 21.3. The molecule has 30 heavy (non-hydrogen) atoms. The Morgan fingerprint density at radius 3 is 2.80 bits per heavy atom. The predicted molar refractivity (Wildman–Crippen MR) is 110 cm³/mol. The molecule has 0 saturated carbocycles. The average Bonchev–Trinajstić information content (AvgIpc) is 3.34. The number of fused-ring (bicyclic) bond motifs is 1. The molecule has 0 unspecified atom stereocenters. The minimum absolute atomic E-state index is 0.196. The largest absolute Gasteiger partial charge is 0.391 e. The Labute approximate surface area is 176 Å². The van der Waals surface area contributed by atoms with Crippen LogP contribution in [0.2, 0.25) is 5.02 Å². The van der Waals surface area contributed by atoms with Crippen molar-refractivity contribution in [3.05, 3.63) is 64.7 Å². The summed E-state index contributed by atoms with van der Waals surface area (Å²) in [5.41, 5.74) is 1.46. The van der Waals surface area contributed by atoms with E-state index in [0.717, 1.165) is 0 Å². The maximum atomic E-state index is 13.2. The predicted octanol–water partition coefficient (Wildman–Crippen LogP) is 2.29. The number of amides is 2. The molecule has 3 aromatic rings. The van der Waals surface area contributed by atoms with Crippen molar-refractivity contribution in [2.24, 2.45) is 0 Å². The van der Waals surface area contributed by atoms with Crippen LogP contribution in [-0.2, 0) is 11.2 Å². The van der Waals surface area contributed by atoms with Crippen LogP contribution in [0, 0.1) is 5.82 Å². The van der Waals surface area contributed by atoms with Crippen LogP contribution in [0.15, 0.2) is 42.6 Å². The normalized spacial score (nSPS) is 17.3. The van der Waals surface area contributed by atoms with Gasteiger partial charge in [-0.05, 0) is 36.2 Å². The van der Waals surface area contributed by atoms with Gasteiger partial charge in [-0.2, -0.15) is 0 Å². The van der Waals surface area contributed by atoms with Crippen molar-refractivity contribution in [2.75, 3.05) is 13.1 Å². The van der Waals surface area contributed by atoms with E-state index in [1.165, 1.54) is 23.2 Å². The Bertz CT molecular complexity index is 1090. The van der Waals surface area contributed by atoms with Crippen LogP contribution in [0.25, 0.3) is 11.0 Å². The zero-order valence-corrected chi connectivity index (χ0v) is 16.7. The molecule has 2 amide bonds. The quantitative estimate of drug-likeness (QED) is 0.578. The minimum atomic E-state index is -0.865. The number of aromatic nitrogens is 2. The lowest BCUT2D eigenvalue weighted by atomic mass is 10.0. The van der Waals surface area contributed by atoms with Gasteiger partial charge in [0.2, 0.25) is 5.91 Å². The Kier molecular flexibility index (Phi) is 5.69. The highest BCUT2D eigenvalue weighted by Crippen LogP contribution is 2.18. The standard InChI is InChI=1S/C21H20ClFN4O3/c22-14-8-13-9-17(25-19(13)24-10-14)20(29)26-18(7-12-1-3-15(23)4-2-12)21(30)27-6-5-16(28)11-27/h1-4,8-10,16,18,28H,5-7,11H2,(H,24,25)(H,26,29)/t16-,18-/m0/s1. The molecule has 2 atom stereocenters. The van der Waals surface area contributed by atoms with Gasteiger partial charge in [-0.15, -0.1) is 0 Å². The van der Waals surface area contributed by atoms with Gasteiger partial charge in [-0.25, -0.2) is 9.37 Å². The molecular weight excluding hydrogens is 411 g/mol. The number of carbonyl (C=O) groups excluding carboxylic acids is 2. The van der Waals surface area contributed by atoms with Crippen molar-refractivity contribution in [3.63, 3.8) is 0 Å². The maximum Gasteiger partial charge on any atom is 0.268 e. The van der Waals surface area contributed by atoms with Crippen LogP contribution in [-0.4, -0.2) is 57.0 Å². The SMILES string of the molecule is O=C(N[C@@H](Cc1ccc(F)cc1)C(=O)N1CC[C@H](O)C1)c1cc2cc(Cl)cnc2[nH]1. The molecule has 0 bridgehead atoms. The average molecular weight is 431 g/mol. The Morgan fingerprint density at radius 1 is 1.33 bits per heavy atom. The van der Waals surface area contributed by atoms with Crippen molar-refractivity contribution in [2.45, 2.75) is 25.0 Å². The maximum absolute atomic E-state index is 13.2. The molecule has 2 aromatic heterocycles. The molecule has 9 heteroatoms. The second-order valence-corrected chi connectivity index (χ2v) is 7.79. The number of aromatic amines is 1. The summed E-state index contributed by atoms with van der Waals surface area (Å²) in [7, 11) is 0. The summed E-state index contributed by atoms with van der Waals surface area (Å²) in [4.78, 5) is 34.5. The van der Waals surface area contributed by atoms with Gasteiger partial charge in [0.25, 0.3) is 5.91 Å². The number of pyridine rings is 1. The van der Waals surface area contributed by atoms with E-state index in [2.05, 4.69) is 15.3 Å². The smallest absolute Gasteiger partial charge is 0.268 e. The third-order valence-corrected chi connectivity index (χ3v) is 5.32. The molecule has 0 spiro atoms. The number of benzene rings is 1. The lowest BCUT2D eigenvalue weighted by molar-refractivity contribution is -0.132. The number of aliphatic hydroxyl groups excluding tert-OH is 1. The van der Waals surface area contributed by atoms with Gasteiger partial charge < -0.3 is 20.3 Å². The number of hydrogen-bond donors (Lipinski definition) is 3. The number of likely N-dealkylation sites (tertiary alicyclic amines) is 1. The molecular formula is C21H20ClFN4O3. The number of β-amino-alcohol motifs (C(OH)–C–C–N with tert-alkyl or cyclic N) is 1. The molecule has 1 saturated heterocycles. The van der Waals surface area contributed by atoms with Crippen LogP contribution in [0.5, 0.6) is 0 Å². The molecule has 156 valence electrons. The molecule has 3 heterocycles. The second-order valence-electron chi connectivity index (χ2n) is 7.36. The Hall–Kier alpha value is -2.97. The molecule has 4 rings (SSSR count). The fourth-order valence-corrected chi connectivity index (χ4v) is 3.73. The first-order chi connectivity index (χ1) is 14.4. The van der Waals surface area contributed by atoms with E-state index in [9.17, 15) is 19.1 Å². The van der Waals surface area contributed by atoms with E-state index in [0.29, 0.717) is 34.6 Å². The third-order valence-electron chi connectivity index (χ3n) is 5.11. The lowest BCUT2D eigenvalue weighted by Crippen LogP contribution is -2.49. The van der Waals surface area contributed by atoms with Gasteiger partial charge in [0, 0.05) is 31.1 Å². The van der Waals surface area contributed by atoms with Crippen molar-refractivity contribution in [1.82, 2.24) is 20.2 Å². The molecule has 7 nitrogen and oxygen atoms in total. The summed E-state index contributed by atoms with van der Waals surface area (Å²) in [5, 5.41) is 13.7. The van der Waals surface area contributed by atoms with E-state index in [1.54, 1.807) is 24.3 Å². The van der Waals surface area contributed by atoms with E-state index in [4.69, 9.17) is 11.6 Å². The monoisotopic (exact) mass is 430 g/mol. The number of H-pyrrole nitrogens is 1. The van der Waals surface area contributed by atoms with Crippen LogP contribution in [0.1, 0.15) is 22.5 Å². The highest BCUT2D eigenvalue weighted by molar-refractivity contribution is 6.31. The van der Waals surface area contributed by atoms with Crippen LogP contribution in [0.3, 0.4) is 0 Å². The van der Waals surface area contributed by atoms with Crippen LogP contribution < -0.4 is 5.32 Å². The summed E-state index contributed by atoms with van der Waals surface area (Å²) in [6, 6.07) is 8.21. The van der Waals surface area contributed by atoms with Crippen molar-refractivity contribution in [1.29, 1.82) is 0 Å². The zero-order valence-electron chi connectivity index (χ0n) is 15.9. The fourth-order valence-electron chi connectivity index (χ4n) is 3.57. The number of nitrogens with one attached hydrogen (secondary N) is 2. The molecule has 1 aliphatic rings. The molecule has 1 aliphatic heterocycles. The number of hydrogen-bond acceptors (Lipinski definition) is 4. The molecule has 0 radical (unpaired) electrons. The molecule has 0 aliphatic carbocycles. The van der Waals surface area contributed by atoms with Crippen molar-refractivity contribution >= 4 is 34.4 Å². The van der Waals surface area contributed by atoms with Crippen molar-refractivity contribution in [3.8, 4) is 0 Å². The molecule has 3 N–H and O–H groups in total. The number of rotatable bonds is 5. The summed E-state index contributed by atoms with van der Waals surface area (Å²) in [6.45, 7) is 0.647. The first kappa shape index (κ1) is 20.3. The second kappa shape index (κ2) is 8.41.